The van der Waals surface area contributed by atoms with Gasteiger partial charge in [-0.2, -0.15) is 0 Å². The first-order valence-electron chi connectivity index (χ1n) is 6.75. The lowest BCUT2D eigenvalue weighted by molar-refractivity contribution is -0.122. The number of carbonyl (C=O) groups excluding carboxylic acids is 2. The average Bonchev–Trinajstić information content (AvgIpc) is 3.04. The topological polar surface area (TPSA) is 91.0 Å². The highest BCUT2D eigenvalue weighted by Gasteiger charge is 2.29. The van der Waals surface area contributed by atoms with Crippen molar-refractivity contribution in [1.29, 1.82) is 0 Å². The molecule has 0 unspecified atom stereocenters. The molecule has 2 amide bonds. The summed E-state index contributed by atoms with van der Waals surface area (Å²) in [6.07, 6.45) is 2.18. The molecule has 0 aromatic carbocycles. The summed E-state index contributed by atoms with van der Waals surface area (Å²) in [7, 11) is 1.57. The Hall–Kier alpha value is -1.92. The predicted octanol–water partition coefficient (Wildman–Crippen LogP) is 0.669. The minimum Gasteiger partial charge on any atom is -0.350 e. The van der Waals surface area contributed by atoms with E-state index >= 15 is 0 Å². The van der Waals surface area contributed by atoms with Crippen LogP contribution in [0.15, 0.2) is 0 Å². The van der Waals surface area contributed by atoms with Crippen molar-refractivity contribution < 1.29 is 9.59 Å². The number of hydrogen-bond acceptors (Lipinski definition) is 4. The zero-order valence-corrected chi connectivity index (χ0v) is 12.4. The van der Waals surface area contributed by atoms with E-state index in [0.717, 1.165) is 18.7 Å². The summed E-state index contributed by atoms with van der Waals surface area (Å²) in [6.45, 7) is 5.67. The largest absolute Gasteiger partial charge is 0.350 e. The smallest absolute Gasteiger partial charge is 0.293 e. The van der Waals surface area contributed by atoms with Crippen LogP contribution in [0.4, 0.5) is 0 Å². The third kappa shape index (κ3) is 3.79. The van der Waals surface area contributed by atoms with Gasteiger partial charge < -0.3 is 10.2 Å². The Morgan fingerprint density at radius 3 is 2.60 bits per heavy atom. The summed E-state index contributed by atoms with van der Waals surface area (Å²) in [4.78, 5) is 29.4. The van der Waals surface area contributed by atoms with Crippen LogP contribution in [-0.2, 0) is 4.79 Å². The van der Waals surface area contributed by atoms with Crippen LogP contribution in [0.25, 0.3) is 0 Å². The first kappa shape index (κ1) is 14.5. The third-order valence-corrected chi connectivity index (χ3v) is 2.90. The molecule has 1 aliphatic carbocycles. The Balaban J connectivity index is 1.92. The van der Waals surface area contributed by atoms with E-state index in [-0.39, 0.29) is 29.7 Å². The van der Waals surface area contributed by atoms with Crippen LogP contribution in [0.3, 0.4) is 0 Å². The number of nitrogens with one attached hydrogen (secondary N) is 2. The number of rotatable bonds is 4. The SMILES string of the molecule is CN(CC(=O)NC(C)(C)C)C(=O)c1n[nH]c(C2CC2)n1. The van der Waals surface area contributed by atoms with E-state index in [1.165, 1.54) is 4.90 Å². The molecule has 0 spiro atoms. The summed E-state index contributed by atoms with van der Waals surface area (Å²) >= 11 is 0. The lowest BCUT2D eigenvalue weighted by Gasteiger charge is -2.22. The maximum Gasteiger partial charge on any atom is 0.293 e. The molecule has 20 heavy (non-hydrogen) atoms. The van der Waals surface area contributed by atoms with Gasteiger partial charge in [0.1, 0.15) is 5.82 Å². The van der Waals surface area contributed by atoms with Gasteiger partial charge in [0, 0.05) is 18.5 Å². The number of H-pyrrole nitrogens is 1. The second kappa shape index (κ2) is 5.22. The molecule has 1 fully saturated rings. The first-order valence-corrected chi connectivity index (χ1v) is 6.75. The number of nitrogens with zero attached hydrogens (tertiary/aromatic N) is 3. The van der Waals surface area contributed by atoms with Crippen LogP contribution in [-0.4, -0.2) is 51.0 Å². The van der Waals surface area contributed by atoms with Crippen molar-refractivity contribution in [1.82, 2.24) is 25.4 Å². The van der Waals surface area contributed by atoms with Gasteiger partial charge in [0.15, 0.2) is 0 Å². The number of amides is 2. The van der Waals surface area contributed by atoms with Crippen LogP contribution in [0, 0.1) is 0 Å². The van der Waals surface area contributed by atoms with E-state index in [1.54, 1.807) is 7.05 Å². The molecule has 1 heterocycles. The van der Waals surface area contributed by atoms with Gasteiger partial charge in [-0.3, -0.25) is 14.7 Å². The Morgan fingerprint density at radius 1 is 1.40 bits per heavy atom. The number of aromatic nitrogens is 3. The van der Waals surface area contributed by atoms with E-state index in [9.17, 15) is 9.59 Å². The number of carbonyl (C=O) groups is 2. The molecule has 7 nitrogen and oxygen atoms in total. The fourth-order valence-electron chi connectivity index (χ4n) is 1.83. The molecule has 1 aromatic rings. The predicted molar refractivity (Wildman–Crippen MR) is 73.2 cm³/mol. The summed E-state index contributed by atoms with van der Waals surface area (Å²) in [5, 5.41) is 9.52. The molecule has 2 N–H and O–H groups in total. The van der Waals surface area contributed by atoms with Crippen LogP contribution in [0.2, 0.25) is 0 Å². The van der Waals surface area contributed by atoms with Crippen molar-refractivity contribution in [3.8, 4) is 0 Å². The third-order valence-electron chi connectivity index (χ3n) is 2.90. The lowest BCUT2D eigenvalue weighted by atomic mass is 10.1. The zero-order valence-electron chi connectivity index (χ0n) is 12.4. The minimum atomic E-state index is -0.350. The summed E-state index contributed by atoms with van der Waals surface area (Å²) < 4.78 is 0. The monoisotopic (exact) mass is 279 g/mol. The van der Waals surface area contributed by atoms with E-state index in [2.05, 4.69) is 20.5 Å². The molecule has 0 aliphatic heterocycles. The van der Waals surface area contributed by atoms with Crippen molar-refractivity contribution in [3.63, 3.8) is 0 Å². The van der Waals surface area contributed by atoms with Crippen LogP contribution >= 0.6 is 0 Å². The van der Waals surface area contributed by atoms with E-state index in [1.807, 2.05) is 20.8 Å². The standard InChI is InChI=1S/C13H21N5O2/c1-13(2,3)15-9(19)7-18(4)12(20)11-14-10(16-17-11)8-5-6-8/h8H,5-7H2,1-4H3,(H,15,19)(H,14,16,17). The zero-order chi connectivity index (χ0) is 14.9. The molecule has 1 aliphatic rings. The summed E-state index contributed by atoms with van der Waals surface area (Å²) in [5.74, 6) is 0.751. The number of likely N-dealkylation sites (N-methyl/N-ethyl adjacent to an activating group) is 1. The molecule has 0 radical (unpaired) electrons. The van der Waals surface area contributed by atoms with Crippen molar-refractivity contribution in [2.75, 3.05) is 13.6 Å². The van der Waals surface area contributed by atoms with E-state index in [0.29, 0.717) is 5.92 Å². The summed E-state index contributed by atoms with van der Waals surface area (Å²) in [6, 6.07) is 0. The second-order valence-corrected chi connectivity index (χ2v) is 6.28. The fourth-order valence-corrected chi connectivity index (χ4v) is 1.83. The Bertz CT molecular complexity index is 513. The highest BCUT2D eigenvalue weighted by atomic mass is 16.2. The second-order valence-electron chi connectivity index (χ2n) is 6.28. The molecule has 2 rings (SSSR count). The lowest BCUT2D eigenvalue weighted by Crippen LogP contribution is -2.46. The Kier molecular flexibility index (Phi) is 3.78. The van der Waals surface area contributed by atoms with Crippen LogP contribution in [0.5, 0.6) is 0 Å². The molecule has 110 valence electrons. The van der Waals surface area contributed by atoms with Crippen molar-refractivity contribution in [2.24, 2.45) is 0 Å². The highest BCUT2D eigenvalue weighted by Crippen LogP contribution is 2.37. The molecule has 1 saturated carbocycles. The molecule has 0 atom stereocenters. The van der Waals surface area contributed by atoms with Gasteiger partial charge in [-0.05, 0) is 33.6 Å². The fraction of sp³-hybridized carbons (Fsp3) is 0.692. The van der Waals surface area contributed by atoms with Gasteiger partial charge in [0.05, 0.1) is 6.54 Å². The Morgan fingerprint density at radius 2 is 2.05 bits per heavy atom. The normalized spacial score (nSPS) is 15.0. The highest BCUT2D eigenvalue weighted by molar-refractivity contribution is 5.93. The number of hydrogen-bond donors (Lipinski definition) is 2. The molecule has 7 heteroatoms. The Labute approximate surface area is 118 Å². The van der Waals surface area contributed by atoms with E-state index < -0.39 is 0 Å². The van der Waals surface area contributed by atoms with Crippen molar-refractivity contribution >= 4 is 11.8 Å². The molecule has 0 saturated heterocycles. The van der Waals surface area contributed by atoms with E-state index in [4.69, 9.17) is 0 Å². The maximum absolute atomic E-state index is 12.1. The summed E-state index contributed by atoms with van der Waals surface area (Å²) in [5.41, 5.74) is -0.315. The van der Waals surface area contributed by atoms with Gasteiger partial charge >= 0.3 is 0 Å². The molecule has 1 aromatic heterocycles. The average molecular weight is 279 g/mol. The first-order chi connectivity index (χ1) is 9.26. The minimum absolute atomic E-state index is 0.0105. The van der Waals surface area contributed by atoms with Crippen molar-refractivity contribution in [3.05, 3.63) is 11.6 Å². The van der Waals surface area contributed by atoms with Gasteiger partial charge in [0.2, 0.25) is 11.7 Å². The van der Waals surface area contributed by atoms with Gasteiger partial charge in [-0.15, -0.1) is 5.10 Å². The maximum atomic E-state index is 12.1. The molecule has 0 bridgehead atoms. The number of aromatic amines is 1. The van der Waals surface area contributed by atoms with Gasteiger partial charge in [-0.25, -0.2) is 4.98 Å². The van der Waals surface area contributed by atoms with Crippen LogP contribution in [0.1, 0.15) is 56.0 Å². The van der Waals surface area contributed by atoms with Gasteiger partial charge in [0.25, 0.3) is 5.91 Å². The quantitative estimate of drug-likeness (QED) is 0.847. The molecular weight excluding hydrogens is 258 g/mol. The van der Waals surface area contributed by atoms with Crippen molar-refractivity contribution in [2.45, 2.75) is 45.1 Å². The van der Waals surface area contributed by atoms with Crippen LogP contribution < -0.4 is 5.32 Å². The van der Waals surface area contributed by atoms with Gasteiger partial charge in [-0.1, -0.05) is 0 Å². The molecular formula is C13H21N5O2.